The minimum Gasteiger partial charge on any atom is -0.481 e. The van der Waals surface area contributed by atoms with E-state index in [1.165, 1.54) is 0 Å². The van der Waals surface area contributed by atoms with Gasteiger partial charge in [-0.05, 0) is 43.6 Å². The quantitative estimate of drug-likeness (QED) is 0.757. The van der Waals surface area contributed by atoms with Crippen LogP contribution < -0.4 is 0 Å². The van der Waals surface area contributed by atoms with Crippen LogP contribution in [-0.4, -0.2) is 22.5 Å². The number of aliphatic hydroxyl groups is 1. The number of ether oxygens (including phenoxy) is 1. The fraction of sp³-hybridized carbons (Fsp3) is 0.667. The van der Waals surface area contributed by atoms with Gasteiger partial charge in [0.05, 0.1) is 11.7 Å². The lowest BCUT2D eigenvalue weighted by atomic mass is 9.64. The lowest BCUT2D eigenvalue weighted by molar-refractivity contribution is -0.154. The van der Waals surface area contributed by atoms with Gasteiger partial charge in [0.25, 0.3) is 0 Å². The molecule has 0 aromatic heterocycles. The van der Waals surface area contributed by atoms with Gasteiger partial charge < -0.3 is 14.9 Å². The Balaban J connectivity index is 1.94. The number of allylic oxidation sites excluding steroid dienone is 3. The van der Waals surface area contributed by atoms with Gasteiger partial charge in [-0.15, -0.1) is 0 Å². The first-order chi connectivity index (χ1) is 9.01. The summed E-state index contributed by atoms with van der Waals surface area (Å²) in [6.45, 7) is 1.89. The van der Waals surface area contributed by atoms with E-state index in [0.717, 1.165) is 24.8 Å². The van der Waals surface area contributed by atoms with Crippen LogP contribution in [0.2, 0.25) is 0 Å². The van der Waals surface area contributed by atoms with Gasteiger partial charge in [-0.25, -0.2) is 0 Å². The molecule has 0 aromatic rings. The molecule has 6 atom stereocenters. The van der Waals surface area contributed by atoms with E-state index < -0.39 is 17.7 Å². The van der Waals surface area contributed by atoms with E-state index in [2.05, 4.69) is 0 Å². The first kappa shape index (κ1) is 11.5. The normalized spacial score (nSPS) is 53.5. The zero-order chi connectivity index (χ0) is 13.4. The van der Waals surface area contributed by atoms with Gasteiger partial charge in [0.1, 0.15) is 0 Å². The number of hydrogen-bond acceptors (Lipinski definition) is 3. The number of aliphatic carboxylic acids is 1. The largest absolute Gasteiger partial charge is 0.481 e. The summed E-state index contributed by atoms with van der Waals surface area (Å²) in [4.78, 5) is 11.9. The first-order valence-electron chi connectivity index (χ1n) is 6.97. The lowest BCUT2D eigenvalue weighted by Gasteiger charge is -2.43. The van der Waals surface area contributed by atoms with Crippen molar-refractivity contribution in [2.24, 2.45) is 28.6 Å². The topological polar surface area (TPSA) is 66.8 Å². The van der Waals surface area contributed by atoms with E-state index in [-0.39, 0.29) is 23.2 Å². The summed E-state index contributed by atoms with van der Waals surface area (Å²) < 4.78 is 5.35. The van der Waals surface area contributed by atoms with Crippen molar-refractivity contribution >= 4 is 5.97 Å². The fourth-order valence-electron chi connectivity index (χ4n) is 5.35. The smallest absolute Gasteiger partial charge is 0.310 e. The molecule has 102 valence electrons. The minimum absolute atomic E-state index is 0.0473. The van der Waals surface area contributed by atoms with E-state index in [4.69, 9.17) is 4.74 Å². The standard InChI is InChI=1S/C15H18O4/c1-14(13(17)18)8-2-3-9-7-19-12(16)10-4-5-11(14)15(9,10)6-8/h2-3,7-8,10-12,16H,4-6H2,1H3,(H,17,18)/t8-,10-,11+,12-,14-,15-/m1/s1. The van der Waals surface area contributed by atoms with Crippen molar-refractivity contribution in [1.29, 1.82) is 0 Å². The molecule has 1 spiro atoms. The Bertz CT molecular complexity index is 522. The molecule has 2 fully saturated rings. The molecule has 19 heavy (non-hydrogen) atoms. The van der Waals surface area contributed by atoms with Gasteiger partial charge in [0, 0.05) is 11.3 Å². The van der Waals surface area contributed by atoms with Crippen LogP contribution in [0.1, 0.15) is 26.2 Å². The molecule has 4 heteroatoms. The van der Waals surface area contributed by atoms with Gasteiger partial charge in [-0.2, -0.15) is 0 Å². The first-order valence-corrected chi connectivity index (χ1v) is 6.97. The number of carbonyl (C=O) groups is 1. The van der Waals surface area contributed by atoms with E-state index in [1.54, 1.807) is 6.26 Å². The average molecular weight is 262 g/mol. The van der Waals surface area contributed by atoms with Crippen molar-refractivity contribution in [2.45, 2.75) is 32.5 Å². The Labute approximate surface area is 111 Å². The van der Waals surface area contributed by atoms with Gasteiger partial charge in [-0.3, -0.25) is 4.79 Å². The van der Waals surface area contributed by atoms with Crippen molar-refractivity contribution < 1.29 is 19.7 Å². The van der Waals surface area contributed by atoms with E-state index in [1.807, 2.05) is 19.1 Å². The van der Waals surface area contributed by atoms with Gasteiger partial charge in [0.2, 0.25) is 0 Å². The maximum absolute atomic E-state index is 11.9. The predicted molar refractivity (Wildman–Crippen MR) is 66.8 cm³/mol. The monoisotopic (exact) mass is 262 g/mol. The molecular weight excluding hydrogens is 244 g/mol. The molecule has 0 unspecified atom stereocenters. The van der Waals surface area contributed by atoms with Crippen LogP contribution in [0.3, 0.4) is 0 Å². The van der Waals surface area contributed by atoms with Crippen LogP contribution in [0.5, 0.6) is 0 Å². The van der Waals surface area contributed by atoms with Crippen molar-refractivity contribution in [3.05, 3.63) is 24.0 Å². The maximum Gasteiger partial charge on any atom is 0.310 e. The van der Waals surface area contributed by atoms with Crippen LogP contribution in [0.4, 0.5) is 0 Å². The van der Waals surface area contributed by atoms with Crippen LogP contribution in [-0.2, 0) is 9.53 Å². The van der Waals surface area contributed by atoms with Crippen molar-refractivity contribution in [1.82, 2.24) is 0 Å². The molecule has 2 saturated carbocycles. The van der Waals surface area contributed by atoms with Crippen molar-refractivity contribution in [3.63, 3.8) is 0 Å². The molecule has 0 aromatic carbocycles. The summed E-state index contributed by atoms with van der Waals surface area (Å²) in [6.07, 6.45) is 7.49. The maximum atomic E-state index is 11.9. The highest BCUT2D eigenvalue weighted by Gasteiger charge is 2.71. The molecule has 2 N–H and O–H groups in total. The molecule has 2 bridgehead atoms. The zero-order valence-electron chi connectivity index (χ0n) is 10.9. The summed E-state index contributed by atoms with van der Waals surface area (Å²) >= 11 is 0. The SMILES string of the molecule is C[C@@]1(C(=O)O)[C@@H]2C=CC3=CO[C@@H](O)[C@H]4CC[C@@H]1[C@]34C2. The molecule has 4 rings (SSSR count). The fourth-order valence-corrected chi connectivity index (χ4v) is 5.35. The summed E-state index contributed by atoms with van der Waals surface area (Å²) in [5.74, 6) is -0.481. The number of carboxylic acids is 1. The third kappa shape index (κ3) is 1.05. The van der Waals surface area contributed by atoms with Gasteiger partial charge in [0.15, 0.2) is 6.29 Å². The highest BCUT2D eigenvalue weighted by molar-refractivity contribution is 5.77. The summed E-state index contributed by atoms with van der Waals surface area (Å²) in [6, 6.07) is 0. The average Bonchev–Trinajstić information content (AvgIpc) is 2.83. The van der Waals surface area contributed by atoms with Crippen LogP contribution in [0.25, 0.3) is 0 Å². The summed E-state index contributed by atoms with van der Waals surface area (Å²) in [5.41, 5.74) is 0.203. The molecule has 0 amide bonds. The predicted octanol–water partition coefficient (Wildman–Crippen LogP) is 1.91. The third-order valence-corrected chi connectivity index (χ3v) is 6.29. The summed E-state index contributed by atoms with van der Waals surface area (Å²) in [5, 5.41) is 19.9. The van der Waals surface area contributed by atoms with Crippen molar-refractivity contribution in [3.8, 4) is 0 Å². The molecule has 1 aliphatic heterocycles. The van der Waals surface area contributed by atoms with Crippen LogP contribution in [0, 0.1) is 28.6 Å². The Morgan fingerprint density at radius 1 is 1.47 bits per heavy atom. The highest BCUT2D eigenvalue weighted by atomic mass is 16.6. The molecule has 0 radical (unpaired) electrons. The number of fused-ring (bicyclic) bond motifs is 1. The second-order valence-corrected chi connectivity index (χ2v) is 6.63. The second-order valence-electron chi connectivity index (χ2n) is 6.63. The van der Waals surface area contributed by atoms with Crippen LogP contribution in [0.15, 0.2) is 24.0 Å². The Morgan fingerprint density at radius 2 is 2.26 bits per heavy atom. The Kier molecular flexibility index (Phi) is 1.96. The number of rotatable bonds is 1. The molecule has 3 aliphatic carbocycles. The Hall–Kier alpha value is -1.29. The van der Waals surface area contributed by atoms with E-state index in [0.29, 0.717) is 0 Å². The molecule has 1 heterocycles. The molecular formula is C15H18O4. The lowest BCUT2D eigenvalue weighted by Crippen LogP contribution is -2.43. The highest BCUT2D eigenvalue weighted by Crippen LogP contribution is 2.73. The van der Waals surface area contributed by atoms with Crippen molar-refractivity contribution in [2.75, 3.05) is 0 Å². The zero-order valence-corrected chi connectivity index (χ0v) is 10.9. The molecule has 4 aliphatic rings. The van der Waals surface area contributed by atoms with Gasteiger partial charge in [-0.1, -0.05) is 12.2 Å². The van der Waals surface area contributed by atoms with Crippen LogP contribution >= 0.6 is 0 Å². The molecule has 0 saturated heterocycles. The third-order valence-electron chi connectivity index (χ3n) is 6.29. The molecule has 4 nitrogen and oxygen atoms in total. The minimum atomic E-state index is -0.781. The number of carboxylic acid groups (broad SMARTS) is 1. The van der Waals surface area contributed by atoms with Gasteiger partial charge >= 0.3 is 5.97 Å². The number of aliphatic hydroxyl groups excluding tert-OH is 1. The Morgan fingerprint density at radius 3 is 3.00 bits per heavy atom. The summed E-state index contributed by atoms with van der Waals surface area (Å²) in [7, 11) is 0. The van der Waals surface area contributed by atoms with E-state index in [9.17, 15) is 15.0 Å². The van der Waals surface area contributed by atoms with E-state index >= 15 is 0 Å². The number of hydrogen-bond donors (Lipinski definition) is 2. The second kappa shape index (κ2) is 3.23.